The lowest BCUT2D eigenvalue weighted by Gasteiger charge is -2.07. The van der Waals surface area contributed by atoms with Crippen molar-refractivity contribution in [3.8, 4) is 0 Å². The van der Waals surface area contributed by atoms with Crippen LogP contribution in [0.5, 0.6) is 0 Å². The van der Waals surface area contributed by atoms with Gasteiger partial charge in [0.1, 0.15) is 0 Å². The Balaban J connectivity index is 1.71. The molecule has 0 aliphatic carbocycles. The molecule has 116 valence electrons. The molecular formula is C16H17ClN2O2S. The first-order chi connectivity index (χ1) is 10.6. The van der Waals surface area contributed by atoms with Gasteiger partial charge in [-0.2, -0.15) is 0 Å². The van der Waals surface area contributed by atoms with Gasteiger partial charge in [-0.3, -0.25) is 9.59 Å². The Bertz CT molecular complexity index is 670. The van der Waals surface area contributed by atoms with Crippen molar-refractivity contribution >= 4 is 34.8 Å². The van der Waals surface area contributed by atoms with Crippen molar-refractivity contribution in [2.24, 2.45) is 0 Å². The summed E-state index contributed by atoms with van der Waals surface area (Å²) in [6, 6.07) is 11.0. The van der Waals surface area contributed by atoms with E-state index in [0.717, 1.165) is 10.4 Å². The van der Waals surface area contributed by atoms with E-state index in [-0.39, 0.29) is 18.2 Å². The number of nitrogens with one attached hydrogen (secondary N) is 2. The summed E-state index contributed by atoms with van der Waals surface area (Å²) in [4.78, 5) is 24.7. The molecular weight excluding hydrogens is 320 g/mol. The maximum Gasteiger partial charge on any atom is 0.251 e. The number of amides is 2. The van der Waals surface area contributed by atoms with E-state index < -0.39 is 0 Å². The second-order valence-corrected chi connectivity index (χ2v) is 6.60. The van der Waals surface area contributed by atoms with Crippen molar-refractivity contribution in [3.63, 3.8) is 0 Å². The Hall–Kier alpha value is -1.85. The molecule has 2 aromatic rings. The van der Waals surface area contributed by atoms with Crippen LogP contribution < -0.4 is 10.6 Å². The predicted octanol–water partition coefficient (Wildman–Crippen LogP) is 3.15. The lowest BCUT2D eigenvalue weighted by Crippen LogP contribution is -2.30. The first-order valence-electron chi connectivity index (χ1n) is 6.91. The molecule has 2 amide bonds. The molecule has 0 saturated carbocycles. The third kappa shape index (κ3) is 4.86. The van der Waals surface area contributed by atoms with Crippen LogP contribution in [0, 0.1) is 6.92 Å². The first-order valence-corrected chi connectivity index (χ1v) is 8.10. The van der Waals surface area contributed by atoms with Crippen LogP contribution in [0.25, 0.3) is 0 Å². The monoisotopic (exact) mass is 336 g/mol. The van der Waals surface area contributed by atoms with Gasteiger partial charge in [0, 0.05) is 23.4 Å². The highest BCUT2D eigenvalue weighted by Crippen LogP contribution is 2.20. The maximum absolute atomic E-state index is 12.0. The summed E-state index contributed by atoms with van der Waals surface area (Å²) in [5.74, 6) is -0.259. The SMILES string of the molecule is Cc1ccccc1C(=O)NCCC(=O)NCc1ccc(Cl)s1. The standard InChI is InChI=1S/C16H17ClN2O2S/c1-11-4-2-3-5-13(11)16(21)18-9-8-15(20)19-10-12-6-7-14(17)22-12/h2-7H,8-10H2,1H3,(H,18,21)(H,19,20). The fourth-order valence-corrected chi connectivity index (χ4v) is 2.96. The normalized spacial score (nSPS) is 10.3. The largest absolute Gasteiger partial charge is 0.352 e. The van der Waals surface area contributed by atoms with Gasteiger partial charge in [0.15, 0.2) is 0 Å². The molecule has 1 heterocycles. The van der Waals surface area contributed by atoms with Crippen molar-refractivity contribution in [1.29, 1.82) is 0 Å². The number of carbonyl (C=O) groups excluding carboxylic acids is 2. The van der Waals surface area contributed by atoms with Crippen molar-refractivity contribution in [3.05, 3.63) is 56.7 Å². The molecule has 0 aliphatic heterocycles. The van der Waals surface area contributed by atoms with Crippen LogP contribution in [0.2, 0.25) is 4.34 Å². The minimum Gasteiger partial charge on any atom is -0.352 e. The summed E-state index contributed by atoms with van der Waals surface area (Å²) in [6.45, 7) is 2.65. The van der Waals surface area contributed by atoms with Gasteiger partial charge in [0.2, 0.25) is 5.91 Å². The van der Waals surface area contributed by atoms with Crippen molar-refractivity contribution in [2.75, 3.05) is 6.54 Å². The quantitative estimate of drug-likeness (QED) is 0.851. The minimum atomic E-state index is -0.157. The Labute approximate surface area is 138 Å². The topological polar surface area (TPSA) is 58.2 Å². The summed E-state index contributed by atoms with van der Waals surface area (Å²) in [5.41, 5.74) is 1.55. The van der Waals surface area contributed by atoms with Gasteiger partial charge in [-0.25, -0.2) is 0 Å². The van der Waals surface area contributed by atoms with E-state index in [1.54, 1.807) is 12.1 Å². The van der Waals surface area contributed by atoms with Gasteiger partial charge in [-0.15, -0.1) is 11.3 Å². The third-order valence-electron chi connectivity index (χ3n) is 3.12. The summed E-state index contributed by atoms with van der Waals surface area (Å²) in [7, 11) is 0. The zero-order valence-corrected chi connectivity index (χ0v) is 13.8. The average molecular weight is 337 g/mol. The molecule has 0 atom stereocenters. The molecule has 0 aliphatic rings. The van der Waals surface area contributed by atoms with Crippen LogP contribution in [0.15, 0.2) is 36.4 Å². The average Bonchev–Trinajstić information content (AvgIpc) is 2.91. The van der Waals surface area contributed by atoms with Crippen LogP contribution in [0.3, 0.4) is 0 Å². The van der Waals surface area contributed by atoms with E-state index in [0.29, 0.717) is 23.0 Å². The van der Waals surface area contributed by atoms with Crippen LogP contribution in [-0.4, -0.2) is 18.4 Å². The Morgan fingerprint density at radius 1 is 1.14 bits per heavy atom. The van der Waals surface area contributed by atoms with Gasteiger partial charge in [0.25, 0.3) is 5.91 Å². The van der Waals surface area contributed by atoms with Gasteiger partial charge < -0.3 is 10.6 Å². The Kier molecular flexibility index (Phi) is 5.98. The molecule has 4 nitrogen and oxygen atoms in total. The van der Waals surface area contributed by atoms with Gasteiger partial charge in [-0.1, -0.05) is 29.8 Å². The van der Waals surface area contributed by atoms with Crippen LogP contribution in [0.1, 0.15) is 27.2 Å². The zero-order chi connectivity index (χ0) is 15.9. The number of benzene rings is 1. The van der Waals surface area contributed by atoms with E-state index in [9.17, 15) is 9.59 Å². The Morgan fingerprint density at radius 2 is 1.91 bits per heavy atom. The summed E-state index contributed by atoms with van der Waals surface area (Å²) in [6.07, 6.45) is 0.247. The van der Waals surface area contributed by atoms with E-state index in [2.05, 4.69) is 10.6 Å². The van der Waals surface area contributed by atoms with Crippen LogP contribution >= 0.6 is 22.9 Å². The number of hydrogen-bond acceptors (Lipinski definition) is 3. The third-order valence-corrected chi connectivity index (χ3v) is 4.35. The number of hydrogen-bond donors (Lipinski definition) is 2. The number of thiophene rings is 1. The van der Waals surface area contributed by atoms with Crippen molar-refractivity contribution in [2.45, 2.75) is 19.9 Å². The molecule has 0 spiro atoms. The molecule has 1 aromatic heterocycles. The first kappa shape index (κ1) is 16.5. The fourth-order valence-electron chi connectivity index (χ4n) is 1.93. The van der Waals surface area contributed by atoms with Crippen molar-refractivity contribution in [1.82, 2.24) is 10.6 Å². The molecule has 1 aromatic carbocycles. The zero-order valence-electron chi connectivity index (χ0n) is 12.2. The van der Waals surface area contributed by atoms with Gasteiger partial charge in [-0.05, 0) is 30.7 Å². The molecule has 0 unspecified atom stereocenters. The van der Waals surface area contributed by atoms with E-state index in [4.69, 9.17) is 11.6 Å². The number of rotatable bonds is 6. The van der Waals surface area contributed by atoms with Gasteiger partial charge in [0.05, 0.1) is 10.9 Å². The molecule has 2 N–H and O–H groups in total. The lowest BCUT2D eigenvalue weighted by molar-refractivity contribution is -0.121. The Morgan fingerprint density at radius 3 is 2.59 bits per heavy atom. The fraction of sp³-hybridized carbons (Fsp3) is 0.250. The van der Waals surface area contributed by atoms with Gasteiger partial charge >= 0.3 is 0 Å². The highest BCUT2D eigenvalue weighted by atomic mass is 35.5. The van der Waals surface area contributed by atoms with E-state index >= 15 is 0 Å². The minimum absolute atomic E-state index is 0.102. The molecule has 6 heteroatoms. The molecule has 2 rings (SSSR count). The molecule has 0 bridgehead atoms. The van der Waals surface area contributed by atoms with Crippen LogP contribution in [0.4, 0.5) is 0 Å². The number of carbonyl (C=O) groups is 2. The summed E-state index contributed by atoms with van der Waals surface area (Å²) in [5, 5.41) is 5.55. The second-order valence-electron chi connectivity index (χ2n) is 4.80. The highest BCUT2D eigenvalue weighted by Gasteiger charge is 2.08. The second kappa shape index (κ2) is 7.96. The molecule has 0 fully saturated rings. The van der Waals surface area contributed by atoms with Crippen LogP contribution in [-0.2, 0) is 11.3 Å². The van der Waals surface area contributed by atoms with Crippen molar-refractivity contribution < 1.29 is 9.59 Å². The highest BCUT2D eigenvalue weighted by molar-refractivity contribution is 7.16. The van der Waals surface area contributed by atoms with E-state index in [1.807, 2.05) is 31.2 Å². The maximum atomic E-state index is 12.0. The summed E-state index contributed by atoms with van der Waals surface area (Å²) < 4.78 is 0.703. The number of aryl methyl sites for hydroxylation is 1. The molecule has 22 heavy (non-hydrogen) atoms. The number of halogens is 1. The molecule has 0 saturated heterocycles. The predicted molar refractivity (Wildman–Crippen MR) is 89.3 cm³/mol. The smallest absolute Gasteiger partial charge is 0.251 e. The van der Waals surface area contributed by atoms with E-state index in [1.165, 1.54) is 11.3 Å². The lowest BCUT2D eigenvalue weighted by atomic mass is 10.1. The summed E-state index contributed by atoms with van der Waals surface area (Å²) >= 11 is 7.26. The molecule has 0 radical (unpaired) electrons.